The van der Waals surface area contributed by atoms with Crippen LogP contribution in [0.1, 0.15) is 19.3 Å². The van der Waals surface area contributed by atoms with Crippen molar-refractivity contribution in [2.75, 3.05) is 18.5 Å². The minimum Gasteiger partial charge on any atom is -0.493 e. The number of benzene rings is 2. The molecule has 30 heavy (non-hydrogen) atoms. The SMILES string of the molecule is [N-]=[N+]=NCCOc1cccc(-c2ccc(NC(=O)C3=C(C(=O)O)CCC3)c(F)c2)c1. The Labute approximate surface area is 171 Å². The number of carbonyl (C=O) groups excluding carboxylic acids is 1. The van der Waals surface area contributed by atoms with Crippen molar-refractivity contribution in [1.82, 2.24) is 0 Å². The lowest BCUT2D eigenvalue weighted by atomic mass is 10.0. The normalized spacial score (nSPS) is 13.0. The standard InChI is InChI=1S/C21H19FN4O4/c22-18-12-14(13-3-1-4-15(11-13)30-10-9-24-26-23)7-8-19(18)25-20(27)16-5-2-6-17(16)21(28)29/h1,3-4,7-8,11-12H,2,5-6,9-10H2,(H,25,27)(H,28,29). The zero-order valence-corrected chi connectivity index (χ0v) is 16.0. The number of carboxylic acid groups (broad SMARTS) is 1. The number of halogens is 1. The number of aliphatic carboxylic acids is 1. The van der Waals surface area contributed by atoms with Gasteiger partial charge >= 0.3 is 5.97 Å². The van der Waals surface area contributed by atoms with Gasteiger partial charge in [0.15, 0.2) is 0 Å². The summed E-state index contributed by atoms with van der Waals surface area (Å²) in [5.74, 6) is -1.79. The Morgan fingerprint density at radius 1 is 1.17 bits per heavy atom. The molecule has 0 aromatic heterocycles. The van der Waals surface area contributed by atoms with Crippen molar-refractivity contribution in [1.29, 1.82) is 0 Å². The topological polar surface area (TPSA) is 124 Å². The average molecular weight is 410 g/mol. The maximum absolute atomic E-state index is 14.6. The highest BCUT2D eigenvalue weighted by Crippen LogP contribution is 2.30. The van der Waals surface area contributed by atoms with Crippen LogP contribution in [0.4, 0.5) is 10.1 Å². The summed E-state index contributed by atoms with van der Waals surface area (Å²) in [4.78, 5) is 26.3. The molecule has 8 nitrogen and oxygen atoms in total. The molecule has 0 saturated heterocycles. The molecule has 0 unspecified atom stereocenters. The van der Waals surface area contributed by atoms with Crippen molar-refractivity contribution in [2.24, 2.45) is 5.11 Å². The Morgan fingerprint density at radius 3 is 2.67 bits per heavy atom. The Bertz CT molecular complexity index is 1060. The fourth-order valence-corrected chi connectivity index (χ4v) is 3.24. The van der Waals surface area contributed by atoms with Gasteiger partial charge in [-0.25, -0.2) is 9.18 Å². The van der Waals surface area contributed by atoms with Crippen LogP contribution in [-0.2, 0) is 9.59 Å². The van der Waals surface area contributed by atoms with E-state index in [1.54, 1.807) is 30.3 Å². The van der Waals surface area contributed by atoms with Gasteiger partial charge in [0.25, 0.3) is 5.91 Å². The van der Waals surface area contributed by atoms with Gasteiger partial charge in [-0.05, 0) is 60.2 Å². The van der Waals surface area contributed by atoms with Crippen LogP contribution in [0.25, 0.3) is 21.6 Å². The minimum absolute atomic E-state index is 0.0188. The van der Waals surface area contributed by atoms with Crippen molar-refractivity contribution >= 4 is 17.6 Å². The zero-order chi connectivity index (χ0) is 21.5. The molecule has 0 spiro atoms. The highest BCUT2D eigenvalue weighted by Gasteiger charge is 2.25. The number of hydrogen-bond acceptors (Lipinski definition) is 4. The first-order valence-corrected chi connectivity index (χ1v) is 9.30. The molecule has 0 radical (unpaired) electrons. The Balaban J connectivity index is 1.74. The number of azide groups is 1. The van der Waals surface area contributed by atoms with Crippen LogP contribution in [0, 0.1) is 5.82 Å². The molecular formula is C21H19FN4O4. The highest BCUT2D eigenvalue weighted by molar-refractivity contribution is 6.09. The number of amides is 1. The maximum Gasteiger partial charge on any atom is 0.332 e. The van der Waals surface area contributed by atoms with Crippen LogP contribution in [0.15, 0.2) is 58.7 Å². The number of nitrogens with one attached hydrogen (secondary N) is 1. The Morgan fingerprint density at radius 2 is 1.93 bits per heavy atom. The molecular weight excluding hydrogens is 391 g/mol. The summed E-state index contributed by atoms with van der Waals surface area (Å²) in [6, 6.07) is 11.4. The van der Waals surface area contributed by atoms with E-state index in [2.05, 4.69) is 15.3 Å². The van der Waals surface area contributed by atoms with Gasteiger partial charge in [-0.2, -0.15) is 0 Å². The van der Waals surface area contributed by atoms with Gasteiger partial charge in [-0.1, -0.05) is 23.3 Å². The van der Waals surface area contributed by atoms with Gasteiger partial charge in [-0.3, -0.25) is 4.79 Å². The largest absolute Gasteiger partial charge is 0.493 e. The van der Waals surface area contributed by atoms with Gasteiger partial charge in [0.1, 0.15) is 11.6 Å². The van der Waals surface area contributed by atoms with Gasteiger partial charge in [-0.15, -0.1) is 0 Å². The van der Waals surface area contributed by atoms with E-state index in [9.17, 15) is 19.1 Å². The average Bonchev–Trinajstić information content (AvgIpc) is 3.23. The molecule has 0 fully saturated rings. The molecule has 154 valence electrons. The molecule has 0 aliphatic heterocycles. The van der Waals surface area contributed by atoms with Gasteiger partial charge < -0.3 is 15.2 Å². The molecule has 0 saturated carbocycles. The van der Waals surface area contributed by atoms with E-state index in [1.807, 2.05) is 0 Å². The number of ether oxygens (including phenoxy) is 1. The maximum atomic E-state index is 14.6. The van der Waals surface area contributed by atoms with E-state index in [1.165, 1.54) is 12.1 Å². The van der Waals surface area contributed by atoms with Gasteiger partial charge in [0, 0.05) is 16.1 Å². The van der Waals surface area contributed by atoms with Crippen LogP contribution in [-0.4, -0.2) is 30.1 Å². The summed E-state index contributed by atoms with van der Waals surface area (Å²) in [5.41, 5.74) is 9.82. The van der Waals surface area contributed by atoms with Crippen LogP contribution < -0.4 is 10.1 Å². The predicted octanol–water partition coefficient (Wildman–Crippen LogP) is 4.69. The van der Waals surface area contributed by atoms with Crippen LogP contribution in [0.3, 0.4) is 0 Å². The number of rotatable bonds is 8. The summed E-state index contributed by atoms with van der Waals surface area (Å²) >= 11 is 0. The lowest BCUT2D eigenvalue weighted by molar-refractivity contribution is -0.133. The summed E-state index contributed by atoms with van der Waals surface area (Å²) < 4.78 is 20.1. The molecule has 3 rings (SSSR count). The van der Waals surface area contributed by atoms with E-state index in [0.29, 0.717) is 36.1 Å². The summed E-state index contributed by atoms with van der Waals surface area (Å²) in [7, 11) is 0. The van der Waals surface area contributed by atoms with E-state index >= 15 is 0 Å². The molecule has 1 aliphatic carbocycles. The lowest BCUT2D eigenvalue weighted by Gasteiger charge is -2.11. The number of carbonyl (C=O) groups is 2. The van der Waals surface area contributed by atoms with Crippen LogP contribution in [0.2, 0.25) is 0 Å². The summed E-state index contributed by atoms with van der Waals surface area (Å²) in [6.45, 7) is 0.421. The lowest BCUT2D eigenvalue weighted by Crippen LogP contribution is -2.17. The molecule has 9 heteroatoms. The number of carboxylic acids is 1. The molecule has 0 heterocycles. The molecule has 2 aromatic rings. The predicted molar refractivity (Wildman–Crippen MR) is 108 cm³/mol. The van der Waals surface area contributed by atoms with E-state index in [-0.39, 0.29) is 30.0 Å². The van der Waals surface area contributed by atoms with Crippen molar-refractivity contribution in [2.45, 2.75) is 19.3 Å². The number of hydrogen-bond donors (Lipinski definition) is 2. The van der Waals surface area contributed by atoms with Gasteiger partial charge in [0.05, 0.1) is 18.8 Å². The second kappa shape index (κ2) is 9.58. The fraction of sp³-hybridized carbons (Fsp3) is 0.238. The van der Waals surface area contributed by atoms with Crippen molar-refractivity contribution in [3.8, 4) is 16.9 Å². The number of anilines is 1. The van der Waals surface area contributed by atoms with Gasteiger partial charge in [0.2, 0.25) is 0 Å². The Kier molecular flexibility index (Phi) is 6.67. The van der Waals surface area contributed by atoms with Crippen LogP contribution >= 0.6 is 0 Å². The van der Waals surface area contributed by atoms with Crippen molar-refractivity contribution in [3.63, 3.8) is 0 Å². The summed E-state index contributed by atoms with van der Waals surface area (Å²) in [5, 5.41) is 15.0. The second-order valence-corrected chi connectivity index (χ2v) is 6.60. The quantitative estimate of drug-likeness (QED) is 0.283. The van der Waals surface area contributed by atoms with E-state index in [0.717, 1.165) is 0 Å². The molecule has 0 bridgehead atoms. The first kappa shape index (κ1) is 20.9. The molecule has 1 amide bonds. The van der Waals surface area contributed by atoms with Crippen molar-refractivity contribution < 1.29 is 23.8 Å². The minimum atomic E-state index is -1.12. The molecule has 1 aliphatic rings. The van der Waals surface area contributed by atoms with Crippen LogP contribution in [0.5, 0.6) is 5.75 Å². The third kappa shape index (κ3) is 4.95. The monoisotopic (exact) mass is 410 g/mol. The van der Waals surface area contributed by atoms with E-state index < -0.39 is 17.7 Å². The highest BCUT2D eigenvalue weighted by atomic mass is 19.1. The third-order valence-corrected chi connectivity index (χ3v) is 4.66. The van der Waals surface area contributed by atoms with E-state index in [4.69, 9.17) is 10.3 Å². The smallest absolute Gasteiger partial charge is 0.332 e. The van der Waals surface area contributed by atoms with Crippen molar-refractivity contribution in [3.05, 3.63) is 69.9 Å². The zero-order valence-electron chi connectivity index (χ0n) is 16.0. The third-order valence-electron chi connectivity index (χ3n) is 4.66. The first-order chi connectivity index (χ1) is 14.5. The molecule has 2 aromatic carbocycles. The summed E-state index contributed by atoms with van der Waals surface area (Å²) in [6.07, 6.45) is 1.29. The fourth-order valence-electron chi connectivity index (χ4n) is 3.24. The Hall–Kier alpha value is -3.84. The first-order valence-electron chi connectivity index (χ1n) is 9.30. The number of nitrogens with zero attached hydrogens (tertiary/aromatic N) is 3. The second-order valence-electron chi connectivity index (χ2n) is 6.60. The molecule has 2 N–H and O–H groups in total. The molecule has 0 atom stereocenters.